The topological polar surface area (TPSA) is 68.1 Å². The van der Waals surface area contributed by atoms with Gasteiger partial charge in [-0.3, -0.25) is 4.98 Å². The van der Waals surface area contributed by atoms with E-state index in [0.29, 0.717) is 12.5 Å². The first kappa shape index (κ1) is 29.3. The van der Waals surface area contributed by atoms with Crippen molar-refractivity contribution in [3.05, 3.63) is 108 Å². The molecule has 0 unspecified atom stereocenters. The molecule has 0 amide bonds. The van der Waals surface area contributed by atoms with Gasteiger partial charge in [0, 0.05) is 44.3 Å². The van der Waals surface area contributed by atoms with E-state index in [1.807, 2.05) is 38.4 Å². The number of nitrogens with one attached hydrogen (secondary N) is 1. The number of hydrogen-bond acceptors (Lipinski definition) is 6. The largest absolute Gasteiger partial charge is 0.497 e. The van der Waals surface area contributed by atoms with Gasteiger partial charge in [0.25, 0.3) is 0 Å². The summed E-state index contributed by atoms with van der Waals surface area (Å²) in [6.07, 6.45) is 12.3. The number of methoxy groups -OCH3 is 1. The Balaban J connectivity index is 2.00. The molecule has 0 radical (unpaired) electrons. The second-order valence-corrected chi connectivity index (χ2v) is 9.63. The highest BCUT2D eigenvalue weighted by molar-refractivity contribution is 5.76. The van der Waals surface area contributed by atoms with Crippen molar-refractivity contribution >= 4 is 5.95 Å². The molecule has 0 saturated carbocycles. The molecule has 0 aliphatic heterocycles. The van der Waals surface area contributed by atoms with E-state index >= 15 is 0 Å². The molecule has 0 aliphatic rings. The van der Waals surface area contributed by atoms with Crippen molar-refractivity contribution in [2.24, 2.45) is 7.05 Å². The fourth-order valence-corrected chi connectivity index (χ4v) is 3.93. The standard InChI is InChI=1S/C32H40N6O/c1-8-24(2)22-28(39-7)10-9-18-34-32-35-20-16-29(36-32)31-30(27-13-11-25(3)12-14-27)33-19-15-26(23-37(4)5)17-21-38(31)6/h8,10-17,19-22H,1,9,18,23H2,2-7H3,(H,34,35,36)/b21-17?,24-22-,26-15?,28-10+,31-30?,33-19?. The Morgan fingerprint density at radius 2 is 1.82 bits per heavy atom. The van der Waals surface area contributed by atoms with E-state index in [4.69, 9.17) is 14.7 Å². The summed E-state index contributed by atoms with van der Waals surface area (Å²) in [4.78, 5) is 16.4. The maximum atomic E-state index is 5.45. The van der Waals surface area contributed by atoms with Gasteiger partial charge >= 0.3 is 0 Å². The van der Waals surface area contributed by atoms with Crippen LogP contribution in [0.3, 0.4) is 0 Å². The third kappa shape index (κ3) is 8.93. The highest BCUT2D eigenvalue weighted by Gasteiger charge is 2.13. The van der Waals surface area contributed by atoms with Gasteiger partial charge in [-0.1, -0.05) is 42.5 Å². The summed E-state index contributed by atoms with van der Waals surface area (Å²) in [5, 5.41) is 3.34. The first-order valence-corrected chi connectivity index (χ1v) is 13.0. The maximum absolute atomic E-state index is 5.45. The molecule has 7 nitrogen and oxygen atoms in total. The zero-order chi connectivity index (χ0) is 28.2. The number of nitrogens with zero attached hydrogens (tertiary/aromatic N) is 5. The number of hydrogen-bond donors (Lipinski definition) is 1. The molecule has 0 fully saturated rings. The van der Waals surface area contributed by atoms with Crippen LogP contribution in [0.25, 0.3) is 22.6 Å². The van der Waals surface area contributed by atoms with Crippen LogP contribution < -0.4 is 5.32 Å². The van der Waals surface area contributed by atoms with Crippen LogP contribution in [0.2, 0.25) is 0 Å². The number of anilines is 1. The molecule has 1 N–H and O–H groups in total. The average molecular weight is 525 g/mol. The number of rotatable bonds is 11. The third-order valence-electron chi connectivity index (χ3n) is 6.00. The Hall–Kier alpha value is -4.23. The van der Waals surface area contributed by atoms with Gasteiger partial charge in [0.15, 0.2) is 0 Å². The van der Waals surface area contributed by atoms with Crippen LogP contribution in [-0.2, 0) is 18.3 Å². The van der Waals surface area contributed by atoms with Crippen molar-refractivity contribution in [1.82, 2.24) is 24.4 Å². The third-order valence-corrected chi connectivity index (χ3v) is 6.00. The summed E-state index contributed by atoms with van der Waals surface area (Å²) < 4.78 is 7.53. The maximum Gasteiger partial charge on any atom is 0.223 e. The van der Waals surface area contributed by atoms with Crippen molar-refractivity contribution in [2.45, 2.75) is 26.8 Å². The van der Waals surface area contributed by atoms with Gasteiger partial charge in [0.1, 0.15) is 5.76 Å². The van der Waals surface area contributed by atoms with E-state index in [1.54, 1.807) is 19.4 Å². The lowest BCUT2D eigenvalue weighted by molar-refractivity contribution is 0.305. The minimum Gasteiger partial charge on any atom is -0.497 e. The molecular weight excluding hydrogens is 484 g/mol. The van der Waals surface area contributed by atoms with Crippen molar-refractivity contribution in [3.8, 4) is 22.6 Å². The van der Waals surface area contributed by atoms with Crippen LogP contribution >= 0.6 is 0 Å². The SMILES string of the molecule is C=C/C(C)=C\C(=C/CCNc1nccc(-c2c(-c3ccc(C)cc3)nccc(CN(C)C)ccn2C)n1)OC. The molecule has 0 spiro atoms. The van der Waals surface area contributed by atoms with Gasteiger partial charge in [-0.25, -0.2) is 9.97 Å². The summed E-state index contributed by atoms with van der Waals surface area (Å²) in [5.74, 6) is 1.36. The lowest BCUT2D eigenvalue weighted by atomic mass is 10.1. The highest BCUT2D eigenvalue weighted by atomic mass is 16.5. The predicted molar refractivity (Wildman–Crippen MR) is 162 cm³/mol. The molecule has 204 valence electrons. The van der Waals surface area contributed by atoms with Crippen LogP contribution in [0, 0.1) is 6.92 Å². The Morgan fingerprint density at radius 1 is 1.08 bits per heavy atom. The van der Waals surface area contributed by atoms with E-state index in [-0.39, 0.29) is 0 Å². The van der Waals surface area contributed by atoms with Gasteiger partial charge in [-0.2, -0.15) is 0 Å². The molecule has 0 atom stereocenters. The molecule has 3 aromatic rings. The van der Waals surface area contributed by atoms with Gasteiger partial charge < -0.3 is 19.5 Å². The van der Waals surface area contributed by atoms with E-state index in [0.717, 1.165) is 52.5 Å². The normalized spacial score (nSPS) is 11.8. The second-order valence-electron chi connectivity index (χ2n) is 9.63. The predicted octanol–water partition coefficient (Wildman–Crippen LogP) is 6.50. The summed E-state index contributed by atoms with van der Waals surface area (Å²) in [5.41, 5.74) is 6.93. The first-order valence-electron chi connectivity index (χ1n) is 13.0. The number of aryl methyl sites for hydroxylation is 2. The molecule has 1 aromatic carbocycles. The van der Waals surface area contributed by atoms with E-state index in [1.165, 1.54) is 5.56 Å². The number of allylic oxidation sites excluding steroid dienone is 3. The second kappa shape index (κ2) is 14.6. The van der Waals surface area contributed by atoms with Crippen LogP contribution in [0.5, 0.6) is 0 Å². The molecule has 2 heterocycles. The summed E-state index contributed by atoms with van der Waals surface area (Å²) in [6, 6.07) is 14.5. The van der Waals surface area contributed by atoms with Crippen molar-refractivity contribution in [2.75, 3.05) is 33.1 Å². The van der Waals surface area contributed by atoms with Crippen LogP contribution in [0.15, 0.2) is 97.2 Å². The van der Waals surface area contributed by atoms with Gasteiger partial charge in [0.2, 0.25) is 5.95 Å². The zero-order valence-electron chi connectivity index (χ0n) is 24.0. The Morgan fingerprint density at radius 3 is 2.51 bits per heavy atom. The molecule has 0 bridgehead atoms. The lowest BCUT2D eigenvalue weighted by Crippen LogP contribution is -2.10. The average Bonchev–Trinajstić information content (AvgIpc) is 3.00. The summed E-state index contributed by atoms with van der Waals surface area (Å²) >= 11 is 0. The molecule has 0 aliphatic carbocycles. The lowest BCUT2D eigenvalue weighted by Gasteiger charge is -2.12. The van der Waals surface area contributed by atoms with Crippen LogP contribution in [0.1, 0.15) is 24.5 Å². The fraction of sp³-hybridized carbons (Fsp3) is 0.281. The fourth-order valence-electron chi connectivity index (χ4n) is 3.93. The highest BCUT2D eigenvalue weighted by Crippen LogP contribution is 2.28. The summed E-state index contributed by atoms with van der Waals surface area (Å²) in [6.45, 7) is 9.34. The van der Waals surface area contributed by atoms with Crippen LogP contribution in [-0.4, -0.2) is 52.2 Å². The summed E-state index contributed by atoms with van der Waals surface area (Å²) in [7, 11) is 7.81. The zero-order valence-corrected chi connectivity index (χ0v) is 24.0. The van der Waals surface area contributed by atoms with E-state index < -0.39 is 0 Å². The van der Waals surface area contributed by atoms with Gasteiger partial charge in [-0.05, 0) is 75.9 Å². The monoisotopic (exact) mass is 524 g/mol. The van der Waals surface area contributed by atoms with E-state index in [2.05, 4.69) is 90.0 Å². The Kier molecular flexibility index (Phi) is 11.0. The minimum absolute atomic E-state index is 0.557. The quantitative estimate of drug-likeness (QED) is 0.175. The molecular formula is C32H40N6O. The first-order chi connectivity index (χ1) is 18.8. The van der Waals surface area contributed by atoms with Crippen LogP contribution in [0.4, 0.5) is 5.95 Å². The smallest absolute Gasteiger partial charge is 0.223 e. The van der Waals surface area contributed by atoms with Crippen molar-refractivity contribution < 1.29 is 4.74 Å². The van der Waals surface area contributed by atoms with Crippen molar-refractivity contribution in [1.29, 1.82) is 0 Å². The Bertz CT molecular complexity index is 1370. The number of benzene rings is 1. The van der Waals surface area contributed by atoms with Crippen molar-refractivity contribution in [3.63, 3.8) is 0 Å². The molecule has 3 rings (SSSR count). The van der Waals surface area contributed by atoms with Gasteiger partial charge in [0.05, 0.1) is 24.2 Å². The van der Waals surface area contributed by atoms with E-state index in [9.17, 15) is 0 Å². The molecule has 2 aromatic heterocycles. The molecule has 7 heteroatoms. The Labute approximate surface area is 232 Å². The molecule has 0 saturated heterocycles. The minimum atomic E-state index is 0.557. The van der Waals surface area contributed by atoms with Gasteiger partial charge in [-0.15, -0.1) is 0 Å². The number of aromatic nitrogens is 4. The molecule has 39 heavy (non-hydrogen) atoms. The number of ether oxygens (including phenoxy) is 1.